The summed E-state index contributed by atoms with van der Waals surface area (Å²) in [5, 5.41) is 3.94. The summed E-state index contributed by atoms with van der Waals surface area (Å²) in [7, 11) is 1.95. The topological polar surface area (TPSA) is 12.0 Å². The summed E-state index contributed by atoms with van der Waals surface area (Å²) in [5.41, 5.74) is 1.09. The second-order valence-electron chi connectivity index (χ2n) is 3.42. The van der Waals surface area contributed by atoms with E-state index in [1.54, 1.807) is 11.3 Å². The van der Waals surface area contributed by atoms with Gasteiger partial charge in [0.1, 0.15) is 0 Å². The zero-order valence-electron chi connectivity index (χ0n) is 8.76. The Morgan fingerprint density at radius 2 is 2.12 bits per heavy atom. The summed E-state index contributed by atoms with van der Waals surface area (Å²) in [4.78, 5) is 2.52. The molecule has 0 spiro atoms. The number of benzene rings is 1. The molecule has 1 N–H and O–H groups in total. The van der Waals surface area contributed by atoms with Crippen LogP contribution in [0, 0.1) is 0 Å². The predicted octanol–water partition coefficient (Wildman–Crippen LogP) is 4.55. The molecule has 0 amide bonds. The van der Waals surface area contributed by atoms with E-state index in [9.17, 15) is 0 Å². The standard InChI is InChI=1S/C12H11BrClNS/c1-15-7-9-3-5-12(16-9)10-6-8(13)2-4-11(10)14/h2-6,15H,7H2,1H3. The second kappa shape index (κ2) is 5.32. The molecule has 1 aromatic carbocycles. The van der Waals surface area contributed by atoms with Crippen LogP contribution in [-0.2, 0) is 6.54 Å². The van der Waals surface area contributed by atoms with Crippen LogP contribution in [0.15, 0.2) is 34.8 Å². The van der Waals surface area contributed by atoms with Gasteiger partial charge in [0.15, 0.2) is 0 Å². The minimum atomic E-state index is 0.793. The third kappa shape index (κ3) is 2.66. The normalized spacial score (nSPS) is 10.7. The third-order valence-corrected chi connectivity index (χ3v) is 4.15. The molecule has 1 heterocycles. The highest BCUT2D eigenvalue weighted by Gasteiger charge is 2.07. The van der Waals surface area contributed by atoms with Crippen LogP contribution in [0.5, 0.6) is 0 Å². The van der Waals surface area contributed by atoms with Gasteiger partial charge < -0.3 is 5.32 Å². The zero-order valence-corrected chi connectivity index (χ0v) is 11.9. The van der Waals surface area contributed by atoms with E-state index in [4.69, 9.17) is 11.6 Å². The number of hydrogen-bond donors (Lipinski definition) is 1. The molecular weight excluding hydrogens is 306 g/mol. The molecule has 0 unspecified atom stereocenters. The van der Waals surface area contributed by atoms with Crippen molar-refractivity contribution in [3.05, 3.63) is 44.7 Å². The Morgan fingerprint density at radius 3 is 2.88 bits per heavy atom. The van der Waals surface area contributed by atoms with E-state index in [0.29, 0.717) is 0 Å². The fourth-order valence-corrected chi connectivity index (χ4v) is 3.16. The Hall–Kier alpha value is -0.350. The zero-order chi connectivity index (χ0) is 11.5. The lowest BCUT2D eigenvalue weighted by Gasteiger charge is -2.01. The number of thiophene rings is 1. The molecule has 0 saturated carbocycles. The molecule has 0 radical (unpaired) electrons. The molecular formula is C12H11BrClNS. The molecule has 0 saturated heterocycles. The first-order chi connectivity index (χ1) is 7.70. The lowest BCUT2D eigenvalue weighted by molar-refractivity contribution is 0.831. The van der Waals surface area contributed by atoms with Gasteiger partial charge in [0.25, 0.3) is 0 Å². The molecule has 1 nitrogen and oxygen atoms in total. The summed E-state index contributed by atoms with van der Waals surface area (Å²) in [6, 6.07) is 10.2. The van der Waals surface area contributed by atoms with Crippen molar-refractivity contribution in [2.75, 3.05) is 7.05 Å². The van der Waals surface area contributed by atoms with Crippen molar-refractivity contribution in [3.8, 4) is 10.4 Å². The lowest BCUT2D eigenvalue weighted by Crippen LogP contribution is -2.02. The molecule has 0 aliphatic heterocycles. The highest BCUT2D eigenvalue weighted by Crippen LogP contribution is 2.35. The van der Waals surface area contributed by atoms with Crippen LogP contribution >= 0.6 is 38.9 Å². The van der Waals surface area contributed by atoms with Crippen LogP contribution in [-0.4, -0.2) is 7.05 Å². The van der Waals surface area contributed by atoms with Crippen LogP contribution < -0.4 is 5.32 Å². The highest BCUT2D eigenvalue weighted by molar-refractivity contribution is 9.10. The third-order valence-electron chi connectivity index (χ3n) is 2.21. The van der Waals surface area contributed by atoms with Crippen molar-refractivity contribution >= 4 is 38.9 Å². The van der Waals surface area contributed by atoms with Crippen LogP contribution in [0.25, 0.3) is 10.4 Å². The van der Waals surface area contributed by atoms with E-state index in [2.05, 4.69) is 39.4 Å². The van der Waals surface area contributed by atoms with E-state index in [1.807, 2.05) is 19.2 Å². The Bertz CT molecular complexity index is 496. The molecule has 2 rings (SSSR count). The maximum absolute atomic E-state index is 6.19. The van der Waals surface area contributed by atoms with Gasteiger partial charge in [0.05, 0.1) is 0 Å². The molecule has 0 fully saturated rings. The molecule has 0 aliphatic rings. The maximum Gasteiger partial charge on any atom is 0.0493 e. The number of nitrogens with one attached hydrogen (secondary N) is 1. The summed E-state index contributed by atoms with van der Waals surface area (Å²) in [6.07, 6.45) is 0. The van der Waals surface area contributed by atoms with Gasteiger partial charge in [-0.2, -0.15) is 0 Å². The molecule has 0 aliphatic carbocycles. The largest absolute Gasteiger partial charge is 0.315 e. The first-order valence-corrected chi connectivity index (χ1v) is 6.88. The summed E-state index contributed by atoms with van der Waals surface area (Å²) in [6.45, 7) is 0.899. The van der Waals surface area contributed by atoms with Crippen molar-refractivity contribution in [3.63, 3.8) is 0 Å². The van der Waals surface area contributed by atoms with Crippen molar-refractivity contribution in [1.29, 1.82) is 0 Å². The van der Waals surface area contributed by atoms with Crippen molar-refractivity contribution in [2.24, 2.45) is 0 Å². The molecule has 0 bridgehead atoms. The fraction of sp³-hybridized carbons (Fsp3) is 0.167. The highest BCUT2D eigenvalue weighted by atomic mass is 79.9. The quantitative estimate of drug-likeness (QED) is 0.876. The molecule has 16 heavy (non-hydrogen) atoms. The van der Waals surface area contributed by atoms with Crippen LogP contribution in [0.2, 0.25) is 5.02 Å². The SMILES string of the molecule is CNCc1ccc(-c2cc(Br)ccc2Cl)s1. The molecule has 4 heteroatoms. The Balaban J connectivity index is 2.38. The molecule has 1 aromatic heterocycles. The van der Waals surface area contributed by atoms with E-state index in [-0.39, 0.29) is 0 Å². The van der Waals surface area contributed by atoms with Crippen molar-refractivity contribution in [1.82, 2.24) is 5.32 Å². The first kappa shape index (κ1) is 12.1. The molecule has 2 aromatic rings. The van der Waals surface area contributed by atoms with E-state index in [1.165, 1.54) is 9.75 Å². The molecule has 84 valence electrons. The summed E-state index contributed by atoms with van der Waals surface area (Å²) < 4.78 is 1.05. The number of rotatable bonds is 3. The Labute approximate surface area is 113 Å². The maximum atomic E-state index is 6.19. The van der Waals surface area contributed by atoms with Gasteiger partial charge in [0.2, 0.25) is 0 Å². The van der Waals surface area contributed by atoms with Crippen LogP contribution in [0.4, 0.5) is 0 Å². The monoisotopic (exact) mass is 315 g/mol. The average molecular weight is 317 g/mol. The smallest absolute Gasteiger partial charge is 0.0493 e. The fourth-order valence-electron chi connectivity index (χ4n) is 1.48. The van der Waals surface area contributed by atoms with Crippen molar-refractivity contribution in [2.45, 2.75) is 6.54 Å². The van der Waals surface area contributed by atoms with E-state index < -0.39 is 0 Å². The van der Waals surface area contributed by atoms with Gasteiger partial charge in [0, 0.05) is 31.4 Å². The summed E-state index contributed by atoms with van der Waals surface area (Å²) >= 11 is 11.4. The average Bonchev–Trinajstić information content (AvgIpc) is 2.71. The van der Waals surface area contributed by atoms with Gasteiger partial charge in [-0.05, 0) is 37.4 Å². The number of hydrogen-bond acceptors (Lipinski definition) is 2. The number of halogens is 2. The van der Waals surface area contributed by atoms with Gasteiger partial charge >= 0.3 is 0 Å². The van der Waals surface area contributed by atoms with E-state index >= 15 is 0 Å². The summed E-state index contributed by atoms with van der Waals surface area (Å²) in [5.74, 6) is 0. The van der Waals surface area contributed by atoms with Crippen LogP contribution in [0.3, 0.4) is 0 Å². The Morgan fingerprint density at radius 1 is 1.31 bits per heavy atom. The first-order valence-electron chi connectivity index (χ1n) is 4.89. The van der Waals surface area contributed by atoms with Gasteiger partial charge in [-0.1, -0.05) is 27.5 Å². The van der Waals surface area contributed by atoms with Gasteiger partial charge in [-0.3, -0.25) is 0 Å². The molecule has 0 atom stereocenters. The Kier molecular flexibility index (Phi) is 4.03. The lowest BCUT2D eigenvalue weighted by atomic mass is 10.2. The van der Waals surface area contributed by atoms with Gasteiger partial charge in [-0.15, -0.1) is 11.3 Å². The van der Waals surface area contributed by atoms with Crippen LogP contribution in [0.1, 0.15) is 4.88 Å². The van der Waals surface area contributed by atoms with Gasteiger partial charge in [-0.25, -0.2) is 0 Å². The van der Waals surface area contributed by atoms with E-state index in [0.717, 1.165) is 21.6 Å². The minimum Gasteiger partial charge on any atom is -0.315 e. The predicted molar refractivity (Wildman–Crippen MR) is 75.2 cm³/mol. The van der Waals surface area contributed by atoms with Crippen molar-refractivity contribution < 1.29 is 0 Å². The minimum absolute atomic E-state index is 0.793. The second-order valence-corrected chi connectivity index (χ2v) is 5.91.